The standard InChI is InChI=1S/C15H15N3O2S/c1-10(20-13-5-3-4-12(6-13)7-16)15(19)18-9-14-8-17-11(2)21-14/h3-6,8,10H,9H2,1-2H3,(H,18,19). The first-order valence-corrected chi connectivity index (χ1v) is 7.26. The SMILES string of the molecule is Cc1ncc(CNC(=O)C(C)Oc2cccc(C#N)c2)s1. The Kier molecular flexibility index (Phi) is 4.90. The van der Waals surface area contributed by atoms with Gasteiger partial charge in [0.05, 0.1) is 23.2 Å². The van der Waals surface area contributed by atoms with Crippen molar-refractivity contribution in [2.24, 2.45) is 0 Å². The highest BCUT2D eigenvalue weighted by molar-refractivity contribution is 7.11. The molecular weight excluding hydrogens is 286 g/mol. The minimum Gasteiger partial charge on any atom is -0.481 e. The zero-order valence-corrected chi connectivity index (χ0v) is 12.6. The van der Waals surface area contributed by atoms with E-state index in [1.54, 1.807) is 48.7 Å². The Balaban J connectivity index is 1.88. The van der Waals surface area contributed by atoms with E-state index in [4.69, 9.17) is 10.00 Å². The van der Waals surface area contributed by atoms with Gasteiger partial charge in [-0.05, 0) is 32.0 Å². The topological polar surface area (TPSA) is 75.0 Å². The van der Waals surface area contributed by atoms with Gasteiger partial charge < -0.3 is 10.1 Å². The number of nitrogens with one attached hydrogen (secondary N) is 1. The van der Waals surface area contributed by atoms with Crippen LogP contribution in [0.5, 0.6) is 5.75 Å². The van der Waals surface area contributed by atoms with Gasteiger partial charge in [0.15, 0.2) is 6.10 Å². The molecule has 2 aromatic rings. The second kappa shape index (κ2) is 6.86. The van der Waals surface area contributed by atoms with Crippen LogP contribution in [0.4, 0.5) is 0 Å². The monoisotopic (exact) mass is 301 g/mol. The van der Waals surface area contributed by atoms with Gasteiger partial charge in [0.2, 0.25) is 0 Å². The van der Waals surface area contributed by atoms with E-state index < -0.39 is 6.10 Å². The lowest BCUT2D eigenvalue weighted by Crippen LogP contribution is -2.35. The van der Waals surface area contributed by atoms with E-state index >= 15 is 0 Å². The molecule has 1 unspecified atom stereocenters. The van der Waals surface area contributed by atoms with E-state index in [-0.39, 0.29) is 5.91 Å². The molecule has 108 valence electrons. The molecule has 0 saturated carbocycles. The summed E-state index contributed by atoms with van der Waals surface area (Å²) in [5, 5.41) is 12.6. The fourth-order valence-electron chi connectivity index (χ4n) is 1.70. The van der Waals surface area contributed by atoms with Gasteiger partial charge in [0.25, 0.3) is 5.91 Å². The molecule has 21 heavy (non-hydrogen) atoms. The fourth-order valence-corrected chi connectivity index (χ4v) is 2.44. The third-order valence-electron chi connectivity index (χ3n) is 2.75. The van der Waals surface area contributed by atoms with Gasteiger partial charge in [-0.1, -0.05) is 6.07 Å². The Morgan fingerprint density at radius 2 is 2.38 bits per heavy atom. The Bertz CT molecular complexity index is 676. The van der Waals surface area contributed by atoms with Gasteiger partial charge in [-0.15, -0.1) is 11.3 Å². The van der Waals surface area contributed by atoms with Crippen molar-refractivity contribution in [2.75, 3.05) is 0 Å². The average Bonchev–Trinajstić information content (AvgIpc) is 2.90. The molecule has 0 aliphatic heterocycles. The van der Waals surface area contributed by atoms with Gasteiger partial charge in [-0.3, -0.25) is 4.79 Å². The van der Waals surface area contributed by atoms with E-state index in [9.17, 15) is 4.79 Å². The lowest BCUT2D eigenvalue weighted by Gasteiger charge is -2.14. The Hall–Kier alpha value is -2.39. The van der Waals surface area contributed by atoms with Crippen molar-refractivity contribution in [1.29, 1.82) is 5.26 Å². The van der Waals surface area contributed by atoms with Crippen molar-refractivity contribution < 1.29 is 9.53 Å². The number of aromatic nitrogens is 1. The predicted octanol–water partition coefficient (Wildman–Crippen LogP) is 2.41. The molecule has 0 spiro atoms. The summed E-state index contributed by atoms with van der Waals surface area (Å²) in [6.07, 6.45) is 1.12. The third-order valence-corrected chi connectivity index (χ3v) is 3.66. The molecule has 1 heterocycles. The van der Waals surface area contributed by atoms with Crippen LogP contribution in [0.1, 0.15) is 22.4 Å². The molecular formula is C15H15N3O2S. The largest absolute Gasteiger partial charge is 0.481 e. The first-order valence-electron chi connectivity index (χ1n) is 6.44. The molecule has 1 N–H and O–H groups in total. The van der Waals surface area contributed by atoms with Crippen LogP contribution in [-0.4, -0.2) is 17.0 Å². The number of ether oxygens (including phenoxy) is 1. The normalized spacial score (nSPS) is 11.5. The van der Waals surface area contributed by atoms with Crippen LogP contribution in [0.2, 0.25) is 0 Å². The van der Waals surface area contributed by atoms with Crippen LogP contribution in [0, 0.1) is 18.3 Å². The number of amides is 1. The van der Waals surface area contributed by atoms with Gasteiger partial charge in [0.1, 0.15) is 5.75 Å². The Morgan fingerprint density at radius 1 is 1.57 bits per heavy atom. The third kappa shape index (κ3) is 4.29. The zero-order valence-electron chi connectivity index (χ0n) is 11.8. The second-order valence-electron chi connectivity index (χ2n) is 4.46. The van der Waals surface area contributed by atoms with Crippen LogP contribution < -0.4 is 10.1 Å². The molecule has 0 aliphatic rings. The highest BCUT2D eigenvalue weighted by Gasteiger charge is 2.14. The van der Waals surface area contributed by atoms with E-state index in [1.807, 2.05) is 13.0 Å². The van der Waals surface area contributed by atoms with Crippen LogP contribution in [0.25, 0.3) is 0 Å². The summed E-state index contributed by atoms with van der Waals surface area (Å²) >= 11 is 1.55. The van der Waals surface area contributed by atoms with Gasteiger partial charge >= 0.3 is 0 Å². The van der Waals surface area contributed by atoms with Crippen molar-refractivity contribution in [3.05, 3.63) is 45.9 Å². The molecule has 0 bridgehead atoms. The Morgan fingerprint density at radius 3 is 3.05 bits per heavy atom. The summed E-state index contributed by atoms with van der Waals surface area (Å²) in [7, 11) is 0. The summed E-state index contributed by atoms with van der Waals surface area (Å²) in [4.78, 5) is 17.1. The first kappa shape index (κ1) is 15.0. The molecule has 5 nitrogen and oxygen atoms in total. The molecule has 2 rings (SSSR count). The molecule has 0 fully saturated rings. The quantitative estimate of drug-likeness (QED) is 0.920. The molecule has 6 heteroatoms. The van der Waals surface area contributed by atoms with Crippen LogP contribution in [0.3, 0.4) is 0 Å². The van der Waals surface area contributed by atoms with E-state index in [1.165, 1.54) is 0 Å². The van der Waals surface area contributed by atoms with Crippen molar-refractivity contribution in [3.8, 4) is 11.8 Å². The lowest BCUT2D eigenvalue weighted by atomic mass is 10.2. The number of carbonyl (C=O) groups excluding carboxylic acids is 1. The molecule has 1 aromatic heterocycles. The van der Waals surface area contributed by atoms with Crippen LogP contribution in [0.15, 0.2) is 30.5 Å². The summed E-state index contributed by atoms with van der Waals surface area (Å²) in [6.45, 7) is 4.03. The summed E-state index contributed by atoms with van der Waals surface area (Å²) in [5.41, 5.74) is 0.500. The number of carbonyl (C=O) groups is 1. The number of rotatable bonds is 5. The minimum absolute atomic E-state index is 0.205. The number of aryl methyl sites for hydroxylation is 1. The van der Waals surface area contributed by atoms with Crippen molar-refractivity contribution >= 4 is 17.2 Å². The summed E-state index contributed by atoms with van der Waals surface area (Å²) < 4.78 is 5.54. The number of hydrogen-bond acceptors (Lipinski definition) is 5. The van der Waals surface area contributed by atoms with Crippen molar-refractivity contribution in [2.45, 2.75) is 26.5 Å². The smallest absolute Gasteiger partial charge is 0.261 e. The molecule has 1 amide bonds. The highest BCUT2D eigenvalue weighted by Crippen LogP contribution is 2.15. The number of nitrogens with zero attached hydrogens (tertiary/aromatic N) is 2. The predicted molar refractivity (Wildman–Crippen MR) is 79.9 cm³/mol. The van der Waals surface area contributed by atoms with E-state index in [2.05, 4.69) is 10.3 Å². The molecule has 1 atom stereocenters. The fraction of sp³-hybridized carbons (Fsp3) is 0.267. The van der Waals surface area contributed by atoms with Crippen LogP contribution >= 0.6 is 11.3 Å². The van der Waals surface area contributed by atoms with Gasteiger partial charge in [-0.25, -0.2) is 4.98 Å². The number of hydrogen-bond donors (Lipinski definition) is 1. The summed E-state index contributed by atoms with van der Waals surface area (Å²) in [5.74, 6) is 0.300. The average molecular weight is 301 g/mol. The summed E-state index contributed by atoms with van der Waals surface area (Å²) in [6, 6.07) is 8.76. The van der Waals surface area contributed by atoms with Crippen molar-refractivity contribution in [1.82, 2.24) is 10.3 Å². The zero-order chi connectivity index (χ0) is 15.2. The van der Waals surface area contributed by atoms with E-state index in [0.717, 1.165) is 9.88 Å². The maximum absolute atomic E-state index is 12.0. The van der Waals surface area contributed by atoms with Gasteiger partial charge in [0, 0.05) is 11.1 Å². The van der Waals surface area contributed by atoms with Crippen LogP contribution in [-0.2, 0) is 11.3 Å². The van der Waals surface area contributed by atoms with Crippen molar-refractivity contribution in [3.63, 3.8) is 0 Å². The molecule has 0 radical (unpaired) electrons. The molecule has 0 saturated heterocycles. The second-order valence-corrected chi connectivity index (χ2v) is 5.78. The maximum atomic E-state index is 12.0. The molecule has 0 aliphatic carbocycles. The molecule has 1 aromatic carbocycles. The number of nitriles is 1. The first-order chi connectivity index (χ1) is 10.1. The number of benzene rings is 1. The highest BCUT2D eigenvalue weighted by atomic mass is 32.1. The Labute approximate surface area is 127 Å². The van der Waals surface area contributed by atoms with E-state index in [0.29, 0.717) is 17.9 Å². The number of thiazole rings is 1. The minimum atomic E-state index is -0.632. The van der Waals surface area contributed by atoms with Gasteiger partial charge in [-0.2, -0.15) is 5.26 Å². The maximum Gasteiger partial charge on any atom is 0.261 e. The lowest BCUT2D eigenvalue weighted by molar-refractivity contribution is -0.127.